The molecule has 0 spiro atoms. The van der Waals surface area contributed by atoms with E-state index in [1.54, 1.807) is 0 Å². The molecular weight excluding hydrogens is 146 g/mol. The lowest BCUT2D eigenvalue weighted by molar-refractivity contribution is 0.397. The number of ether oxygens (including phenoxy) is 1. The Kier molecular flexibility index (Phi) is 1.18. The zero-order valence-corrected chi connectivity index (χ0v) is 5.77. The zero-order chi connectivity index (χ0) is 7.68. The van der Waals surface area contributed by atoms with Gasteiger partial charge in [0.2, 0.25) is 11.5 Å². The molecule has 0 aliphatic heterocycles. The summed E-state index contributed by atoms with van der Waals surface area (Å²) in [5, 5.41) is 9.77. The lowest BCUT2D eigenvalue weighted by Gasteiger charge is -1.93. The van der Waals surface area contributed by atoms with Gasteiger partial charge in [-0.1, -0.05) is 5.21 Å². The highest BCUT2D eigenvalue weighted by Gasteiger charge is 2.00. The van der Waals surface area contributed by atoms with Crippen molar-refractivity contribution in [3.8, 4) is 5.88 Å². The minimum Gasteiger partial charge on any atom is -0.480 e. The molecule has 56 valence electrons. The molecule has 0 aliphatic carbocycles. The Morgan fingerprint density at radius 2 is 2.45 bits per heavy atom. The fraction of sp³-hybridized carbons (Fsp3) is 0.200. The number of nitrogens with zero attached hydrogens (tertiary/aromatic N) is 4. The van der Waals surface area contributed by atoms with Crippen LogP contribution in [0.1, 0.15) is 0 Å². The van der Waals surface area contributed by atoms with Gasteiger partial charge < -0.3 is 4.74 Å². The van der Waals surface area contributed by atoms with Gasteiger partial charge >= 0.3 is 0 Å². The van der Waals surface area contributed by atoms with Gasteiger partial charge in [0.05, 0.1) is 13.3 Å². The summed E-state index contributed by atoms with van der Waals surface area (Å²) in [6.45, 7) is 0. The largest absolute Gasteiger partial charge is 0.480 e. The normalized spacial score (nSPS) is 10.3. The van der Waals surface area contributed by atoms with Gasteiger partial charge in [-0.15, -0.1) is 5.10 Å². The highest BCUT2D eigenvalue weighted by atomic mass is 16.5. The molecule has 1 N–H and O–H groups in total. The van der Waals surface area contributed by atoms with Gasteiger partial charge in [0.15, 0.2) is 5.65 Å². The number of aromatic amines is 1. The first-order chi connectivity index (χ1) is 5.40. The SMILES string of the molecule is COc1cnc2[nH]nnc2n1. The molecule has 2 rings (SSSR count). The number of H-pyrrole nitrogens is 1. The molecule has 0 atom stereocenters. The van der Waals surface area contributed by atoms with Crippen molar-refractivity contribution in [2.24, 2.45) is 0 Å². The Labute approximate surface area is 61.6 Å². The molecule has 2 heterocycles. The maximum atomic E-state index is 4.84. The van der Waals surface area contributed by atoms with E-state index in [-0.39, 0.29) is 0 Å². The van der Waals surface area contributed by atoms with E-state index in [1.165, 1.54) is 13.3 Å². The number of hydrogen-bond acceptors (Lipinski definition) is 5. The second-order valence-corrected chi connectivity index (χ2v) is 1.90. The minimum absolute atomic E-state index is 0.436. The summed E-state index contributed by atoms with van der Waals surface area (Å²) in [6.07, 6.45) is 1.50. The van der Waals surface area contributed by atoms with Gasteiger partial charge in [0, 0.05) is 0 Å². The van der Waals surface area contributed by atoms with E-state index < -0.39 is 0 Å². The van der Waals surface area contributed by atoms with E-state index >= 15 is 0 Å². The van der Waals surface area contributed by atoms with Crippen molar-refractivity contribution in [1.82, 2.24) is 25.4 Å². The van der Waals surface area contributed by atoms with Crippen LogP contribution in [0.25, 0.3) is 11.3 Å². The van der Waals surface area contributed by atoms with Crippen molar-refractivity contribution in [2.75, 3.05) is 7.11 Å². The summed E-state index contributed by atoms with van der Waals surface area (Å²) in [4.78, 5) is 7.91. The van der Waals surface area contributed by atoms with Crippen LogP contribution in [-0.4, -0.2) is 32.5 Å². The number of rotatable bonds is 1. The predicted octanol–water partition coefficient (Wildman–Crippen LogP) is -0.244. The van der Waals surface area contributed by atoms with Gasteiger partial charge in [-0.25, -0.2) is 10.1 Å². The standard InChI is InChI=1S/C5H5N5O/c1-11-3-2-6-4-5(7-3)9-10-8-4/h2H,1H3,(H,6,7,8,9,10). The molecule has 0 saturated heterocycles. The lowest BCUT2D eigenvalue weighted by Crippen LogP contribution is -1.89. The van der Waals surface area contributed by atoms with Crippen LogP contribution in [0.2, 0.25) is 0 Å². The van der Waals surface area contributed by atoms with Crippen LogP contribution < -0.4 is 4.74 Å². The molecule has 6 heteroatoms. The number of hydrogen-bond donors (Lipinski definition) is 1. The van der Waals surface area contributed by atoms with Crippen LogP contribution in [0.5, 0.6) is 5.88 Å². The molecule has 0 saturated carbocycles. The Balaban J connectivity index is 2.67. The highest BCUT2D eigenvalue weighted by molar-refractivity contribution is 5.63. The third-order valence-corrected chi connectivity index (χ3v) is 1.24. The molecule has 2 aromatic heterocycles. The maximum absolute atomic E-state index is 4.84. The van der Waals surface area contributed by atoms with Gasteiger partial charge in [0.1, 0.15) is 0 Å². The van der Waals surface area contributed by atoms with Crippen molar-refractivity contribution in [3.63, 3.8) is 0 Å². The molecule has 0 aromatic carbocycles. The van der Waals surface area contributed by atoms with Crippen molar-refractivity contribution >= 4 is 11.3 Å². The summed E-state index contributed by atoms with van der Waals surface area (Å²) >= 11 is 0. The average molecular weight is 151 g/mol. The van der Waals surface area contributed by atoms with E-state index in [4.69, 9.17) is 4.74 Å². The second kappa shape index (κ2) is 2.15. The molecule has 11 heavy (non-hydrogen) atoms. The molecular formula is C5H5N5O. The van der Waals surface area contributed by atoms with Crippen molar-refractivity contribution in [1.29, 1.82) is 0 Å². The van der Waals surface area contributed by atoms with Crippen LogP contribution in [0.15, 0.2) is 6.20 Å². The minimum atomic E-state index is 0.436. The van der Waals surface area contributed by atoms with E-state index in [9.17, 15) is 0 Å². The van der Waals surface area contributed by atoms with E-state index in [0.717, 1.165) is 0 Å². The Morgan fingerprint density at radius 1 is 1.55 bits per heavy atom. The van der Waals surface area contributed by atoms with Crippen molar-refractivity contribution in [3.05, 3.63) is 6.20 Å². The number of nitrogens with one attached hydrogen (secondary N) is 1. The second-order valence-electron chi connectivity index (χ2n) is 1.90. The molecule has 0 bridgehead atoms. The molecule has 6 nitrogen and oxygen atoms in total. The van der Waals surface area contributed by atoms with Gasteiger partial charge in [-0.3, -0.25) is 0 Å². The van der Waals surface area contributed by atoms with E-state index in [1.807, 2.05) is 0 Å². The van der Waals surface area contributed by atoms with Gasteiger partial charge in [0.25, 0.3) is 0 Å². The topological polar surface area (TPSA) is 76.6 Å². The van der Waals surface area contributed by atoms with Gasteiger partial charge in [-0.2, -0.15) is 4.98 Å². The van der Waals surface area contributed by atoms with Crippen molar-refractivity contribution < 1.29 is 4.74 Å². The Hall–Kier alpha value is -1.72. The summed E-state index contributed by atoms with van der Waals surface area (Å²) in [6, 6.07) is 0. The predicted molar refractivity (Wildman–Crippen MR) is 36.0 cm³/mol. The summed E-state index contributed by atoms with van der Waals surface area (Å²) in [7, 11) is 1.52. The summed E-state index contributed by atoms with van der Waals surface area (Å²) in [5.41, 5.74) is 1.02. The highest BCUT2D eigenvalue weighted by Crippen LogP contribution is 2.06. The monoisotopic (exact) mass is 151 g/mol. The van der Waals surface area contributed by atoms with Crippen LogP contribution >= 0.6 is 0 Å². The number of methoxy groups -OCH3 is 1. The Bertz CT molecular complexity index is 370. The molecule has 0 fully saturated rings. The maximum Gasteiger partial charge on any atom is 0.234 e. The molecule has 0 unspecified atom stereocenters. The molecule has 0 aliphatic rings. The van der Waals surface area contributed by atoms with Gasteiger partial charge in [-0.05, 0) is 0 Å². The first-order valence-electron chi connectivity index (χ1n) is 2.98. The smallest absolute Gasteiger partial charge is 0.234 e. The van der Waals surface area contributed by atoms with Crippen LogP contribution in [0.4, 0.5) is 0 Å². The number of aromatic nitrogens is 5. The number of fused-ring (bicyclic) bond motifs is 1. The van der Waals surface area contributed by atoms with E-state index in [0.29, 0.717) is 17.2 Å². The first-order valence-corrected chi connectivity index (χ1v) is 2.98. The van der Waals surface area contributed by atoms with E-state index in [2.05, 4.69) is 25.4 Å². The summed E-state index contributed by atoms with van der Waals surface area (Å²) in [5.74, 6) is 0.436. The quantitative estimate of drug-likeness (QED) is 0.608. The fourth-order valence-corrected chi connectivity index (χ4v) is 0.730. The third-order valence-electron chi connectivity index (χ3n) is 1.24. The lowest BCUT2D eigenvalue weighted by atomic mass is 10.6. The average Bonchev–Trinajstić information content (AvgIpc) is 2.50. The van der Waals surface area contributed by atoms with Crippen molar-refractivity contribution in [2.45, 2.75) is 0 Å². The molecule has 2 aromatic rings. The third kappa shape index (κ3) is 0.878. The van der Waals surface area contributed by atoms with Crippen LogP contribution in [-0.2, 0) is 0 Å². The summed E-state index contributed by atoms with van der Waals surface area (Å²) < 4.78 is 4.84. The zero-order valence-electron chi connectivity index (χ0n) is 5.77. The Morgan fingerprint density at radius 3 is 3.27 bits per heavy atom. The molecule has 0 radical (unpaired) electrons. The van der Waals surface area contributed by atoms with Crippen LogP contribution in [0, 0.1) is 0 Å². The first kappa shape index (κ1) is 6.02. The fourth-order valence-electron chi connectivity index (χ4n) is 0.730. The molecule has 0 amide bonds. The van der Waals surface area contributed by atoms with Crippen LogP contribution in [0.3, 0.4) is 0 Å².